The van der Waals surface area contributed by atoms with Gasteiger partial charge in [-0.15, -0.1) is 0 Å². The summed E-state index contributed by atoms with van der Waals surface area (Å²) in [4.78, 5) is 31.4. The zero-order valence-corrected chi connectivity index (χ0v) is 24.2. The fraction of sp³-hybridized carbons (Fsp3) is 0.355. The van der Waals surface area contributed by atoms with Crippen LogP contribution in [0.4, 0.5) is 14.5 Å². The quantitative estimate of drug-likeness (QED) is 0.343. The molecule has 0 unspecified atom stereocenters. The van der Waals surface area contributed by atoms with Crippen LogP contribution >= 0.6 is 0 Å². The van der Waals surface area contributed by atoms with E-state index in [2.05, 4.69) is 15.6 Å². The maximum absolute atomic E-state index is 14.2. The number of aromatic nitrogens is 1. The molecule has 0 bridgehead atoms. The lowest BCUT2D eigenvalue weighted by molar-refractivity contribution is -0.110. The summed E-state index contributed by atoms with van der Waals surface area (Å²) in [6.45, 7) is 4.99. The Labute approximate surface area is 243 Å². The fourth-order valence-electron chi connectivity index (χ4n) is 5.82. The van der Waals surface area contributed by atoms with Gasteiger partial charge in [0.2, 0.25) is 0 Å². The number of halogens is 2. The van der Waals surface area contributed by atoms with E-state index in [9.17, 15) is 26.8 Å². The van der Waals surface area contributed by atoms with Crippen molar-refractivity contribution in [2.45, 2.75) is 62.3 Å². The number of carbonyl (C=O) groups is 2. The molecule has 42 heavy (non-hydrogen) atoms. The molecule has 8 nitrogen and oxygen atoms in total. The Morgan fingerprint density at radius 3 is 2.38 bits per heavy atom. The minimum absolute atomic E-state index is 0.0548. The van der Waals surface area contributed by atoms with Gasteiger partial charge in [0.1, 0.15) is 11.6 Å². The maximum atomic E-state index is 14.2. The first-order chi connectivity index (χ1) is 20.0. The van der Waals surface area contributed by atoms with Crippen molar-refractivity contribution in [1.82, 2.24) is 15.2 Å². The zero-order chi connectivity index (χ0) is 29.8. The fourth-order valence-corrected chi connectivity index (χ4v) is 7.22. The van der Waals surface area contributed by atoms with E-state index in [4.69, 9.17) is 0 Å². The van der Waals surface area contributed by atoms with Gasteiger partial charge in [0.25, 0.3) is 11.8 Å². The summed E-state index contributed by atoms with van der Waals surface area (Å²) >= 11 is 0. The topological polar surface area (TPSA) is 111 Å². The Balaban J connectivity index is 1.26. The van der Waals surface area contributed by atoms with Gasteiger partial charge in [0, 0.05) is 53.4 Å². The smallest absolute Gasteiger partial charge is 0.256 e. The van der Waals surface area contributed by atoms with Crippen LogP contribution in [0.5, 0.6) is 0 Å². The molecule has 3 heterocycles. The number of nitrogens with zero attached hydrogens (tertiary/aromatic N) is 1. The second kappa shape index (κ2) is 10.8. The number of hydrogen-bond donors (Lipinski definition) is 3. The molecule has 3 aliphatic rings. The van der Waals surface area contributed by atoms with Crippen molar-refractivity contribution in [3.05, 3.63) is 81.7 Å². The second-order valence-corrected chi connectivity index (χ2v) is 13.3. The van der Waals surface area contributed by atoms with Gasteiger partial charge in [-0.1, -0.05) is 6.07 Å². The Hall–Kier alpha value is -3.83. The first-order valence-electron chi connectivity index (χ1n) is 14.1. The lowest BCUT2D eigenvalue weighted by atomic mass is 10.0. The number of likely N-dealkylation sites (tertiary alicyclic amines) is 1. The molecular formula is C31H32F2N4O4S. The highest BCUT2D eigenvalue weighted by molar-refractivity contribution is 7.90. The molecule has 0 atom stereocenters. The van der Waals surface area contributed by atoms with Crippen LogP contribution in [0.3, 0.4) is 0 Å². The third-order valence-electron chi connectivity index (χ3n) is 8.34. The summed E-state index contributed by atoms with van der Waals surface area (Å²) in [5, 5.41) is 6.38. The Bertz CT molecular complexity index is 1720. The molecule has 1 aliphatic carbocycles. The van der Waals surface area contributed by atoms with Crippen LogP contribution in [0.15, 0.2) is 41.3 Å². The number of anilines is 1. The number of H-pyrrole nitrogens is 1. The standard InChI is InChI=1S/C31H32F2N4O4S/c1-17-28(34-18(2)29(17)31(39)37-12-10-20(11-13-37)35-19-6-7-19)15-23-22-14-21(8-9-27(22)36-30(23)38)42(40,41)16-24-25(32)4-3-5-26(24)33/h3-5,8-9,14-15,19-20,34-35H,6-7,10-13,16H2,1-2H3,(H,36,38)/b23-15-. The van der Waals surface area contributed by atoms with Gasteiger partial charge in [-0.05, 0) is 81.5 Å². The summed E-state index contributed by atoms with van der Waals surface area (Å²) in [6.07, 6.45) is 5.89. The number of hydrogen-bond acceptors (Lipinski definition) is 5. The number of piperidine rings is 1. The summed E-state index contributed by atoms with van der Waals surface area (Å²) in [5.74, 6) is -3.23. The molecule has 0 radical (unpaired) electrons. The minimum atomic E-state index is -4.14. The predicted molar refractivity (Wildman–Crippen MR) is 156 cm³/mol. The summed E-state index contributed by atoms with van der Waals surface area (Å²) in [6, 6.07) is 8.36. The van der Waals surface area contributed by atoms with E-state index in [1.807, 2.05) is 18.7 Å². The Morgan fingerprint density at radius 2 is 1.71 bits per heavy atom. The average Bonchev–Trinajstić information content (AvgIpc) is 3.65. The van der Waals surface area contributed by atoms with Crippen LogP contribution < -0.4 is 10.6 Å². The number of nitrogens with one attached hydrogen (secondary N) is 3. The van der Waals surface area contributed by atoms with Crippen LogP contribution in [-0.4, -0.2) is 55.3 Å². The number of aryl methyl sites for hydroxylation is 1. The highest BCUT2D eigenvalue weighted by Gasteiger charge is 2.32. The monoisotopic (exact) mass is 594 g/mol. The number of fused-ring (bicyclic) bond motifs is 1. The predicted octanol–water partition coefficient (Wildman–Crippen LogP) is 4.73. The number of benzene rings is 2. The van der Waals surface area contributed by atoms with Gasteiger partial charge in [-0.3, -0.25) is 9.59 Å². The molecule has 1 saturated heterocycles. The lowest BCUT2D eigenvalue weighted by Crippen LogP contribution is -2.45. The van der Waals surface area contributed by atoms with E-state index in [-0.39, 0.29) is 16.4 Å². The lowest BCUT2D eigenvalue weighted by Gasteiger charge is -2.32. The molecule has 2 aromatic carbocycles. The van der Waals surface area contributed by atoms with E-state index >= 15 is 0 Å². The highest BCUT2D eigenvalue weighted by Crippen LogP contribution is 2.36. The van der Waals surface area contributed by atoms with Crippen molar-refractivity contribution in [1.29, 1.82) is 0 Å². The van der Waals surface area contributed by atoms with Crippen molar-refractivity contribution in [3.63, 3.8) is 0 Å². The molecule has 11 heteroatoms. The molecule has 3 aromatic rings. The van der Waals surface area contributed by atoms with Crippen LogP contribution in [0, 0.1) is 25.5 Å². The highest BCUT2D eigenvalue weighted by atomic mass is 32.2. The summed E-state index contributed by atoms with van der Waals surface area (Å²) in [5.41, 5.74) is 2.96. The first-order valence-corrected chi connectivity index (χ1v) is 15.7. The number of aromatic amines is 1. The van der Waals surface area contributed by atoms with E-state index < -0.39 is 38.7 Å². The number of rotatable bonds is 7. The summed E-state index contributed by atoms with van der Waals surface area (Å²) < 4.78 is 54.7. The van der Waals surface area contributed by atoms with Crippen molar-refractivity contribution in [2.24, 2.45) is 0 Å². The van der Waals surface area contributed by atoms with Gasteiger partial charge in [0.05, 0.1) is 21.8 Å². The molecule has 220 valence electrons. The maximum Gasteiger partial charge on any atom is 0.256 e. The molecule has 1 aromatic heterocycles. The van der Waals surface area contributed by atoms with E-state index in [0.29, 0.717) is 58.9 Å². The van der Waals surface area contributed by atoms with Gasteiger partial charge < -0.3 is 20.5 Å². The molecule has 6 rings (SSSR count). The van der Waals surface area contributed by atoms with Crippen LogP contribution in [0.25, 0.3) is 11.6 Å². The number of carbonyl (C=O) groups excluding carboxylic acids is 2. The Kier molecular flexibility index (Phi) is 7.26. The molecule has 2 fully saturated rings. The van der Waals surface area contributed by atoms with E-state index in [1.165, 1.54) is 37.1 Å². The van der Waals surface area contributed by atoms with Crippen molar-refractivity contribution < 1.29 is 26.8 Å². The molecule has 2 aliphatic heterocycles. The molecule has 0 spiro atoms. The normalized spacial score (nSPS) is 18.4. The van der Waals surface area contributed by atoms with Crippen molar-refractivity contribution in [3.8, 4) is 0 Å². The molecular weight excluding hydrogens is 562 g/mol. The zero-order valence-electron chi connectivity index (χ0n) is 23.4. The third-order valence-corrected chi connectivity index (χ3v) is 9.98. The molecule has 3 N–H and O–H groups in total. The van der Waals surface area contributed by atoms with Gasteiger partial charge in [-0.25, -0.2) is 17.2 Å². The number of amides is 2. The summed E-state index contributed by atoms with van der Waals surface area (Å²) in [7, 11) is -4.14. The van der Waals surface area contributed by atoms with Gasteiger partial charge in [-0.2, -0.15) is 0 Å². The van der Waals surface area contributed by atoms with Crippen molar-refractivity contribution >= 4 is 39.0 Å². The number of sulfone groups is 1. The van der Waals surface area contributed by atoms with Crippen LogP contribution in [0.1, 0.15) is 64.1 Å². The van der Waals surface area contributed by atoms with Crippen LogP contribution in [-0.2, 0) is 20.4 Å². The van der Waals surface area contributed by atoms with E-state index in [1.54, 1.807) is 6.08 Å². The second-order valence-electron chi connectivity index (χ2n) is 11.3. The Morgan fingerprint density at radius 1 is 1.05 bits per heavy atom. The minimum Gasteiger partial charge on any atom is -0.358 e. The van der Waals surface area contributed by atoms with Gasteiger partial charge >= 0.3 is 0 Å². The van der Waals surface area contributed by atoms with Crippen molar-refractivity contribution in [2.75, 3.05) is 18.4 Å². The first kappa shape index (κ1) is 28.3. The molecule has 2 amide bonds. The average molecular weight is 595 g/mol. The molecule has 1 saturated carbocycles. The van der Waals surface area contributed by atoms with Crippen LogP contribution in [0.2, 0.25) is 0 Å². The SMILES string of the molecule is Cc1[nH]c(/C=C2\C(=O)Nc3ccc(S(=O)(=O)Cc4c(F)cccc4F)cc32)c(C)c1C(=O)N1CCC(NC2CC2)CC1. The largest absolute Gasteiger partial charge is 0.358 e. The van der Waals surface area contributed by atoms with E-state index in [0.717, 1.165) is 25.0 Å². The van der Waals surface area contributed by atoms with Gasteiger partial charge in [0.15, 0.2) is 9.84 Å². The third kappa shape index (κ3) is 5.38.